The van der Waals surface area contributed by atoms with Crippen molar-refractivity contribution < 1.29 is 5.11 Å². The summed E-state index contributed by atoms with van der Waals surface area (Å²) in [5, 5.41) is 17.2. The quantitative estimate of drug-likeness (QED) is 0.751. The SMILES string of the molecule is CSCC(C)(O)CNCc1cnn(C)c1. The van der Waals surface area contributed by atoms with Gasteiger partial charge < -0.3 is 10.4 Å². The minimum atomic E-state index is -0.637. The summed E-state index contributed by atoms with van der Waals surface area (Å²) in [6.07, 6.45) is 5.79. The predicted molar refractivity (Wildman–Crippen MR) is 63.9 cm³/mol. The van der Waals surface area contributed by atoms with Gasteiger partial charge in [0.2, 0.25) is 0 Å². The van der Waals surface area contributed by atoms with E-state index in [0.29, 0.717) is 6.54 Å². The van der Waals surface area contributed by atoms with E-state index in [4.69, 9.17) is 0 Å². The lowest BCUT2D eigenvalue weighted by atomic mass is 10.1. The van der Waals surface area contributed by atoms with Crippen LogP contribution in [-0.4, -0.2) is 39.0 Å². The van der Waals surface area contributed by atoms with Gasteiger partial charge in [-0.2, -0.15) is 16.9 Å². The molecule has 4 nitrogen and oxygen atoms in total. The zero-order valence-corrected chi connectivity index (χ0v) is 10.3. The van der Waals surface area contributed by atoms with Gasteiger partial charge in [-0.1, -0.05) is 0 Å². The average molecular weight is 229 g/mol. The van der Waals surface area contributed by atoms with Gasteiger partial charge in [-0.25, -0.2) is 0 Å². The van der Waals surface area contributed by atoms with E-state index >= 15 is 0 Å². The van der Waals surface area contributed by atoms with Crippen molar-refractivity contribution >= 4 is 11.8 Å². The van der Waals surface area contributed by atoms with E-state index in [9.17, 15) is 5.11 Å². The van der Waals surface area contributed by atoms with Crippen molar-refractivity contribution in [3.05, 3.63) is 18.0 Å². The van der Waals surface area contributed by atoms with Gasteiger partial charge >= 0.3 is 0 Å². The van der Waals surface area contributed by atoms with Crippen molar-refractivity contribution in [1.29, 1.82) is 0 Å². The molecule has 15 heavy (non-hydrogen) atoms. The van der Waals surface area contributed by atoms with Crippen LogP contribution in [0.25, 0.3) is 0 Å². The molecule has 0 saturated heterocycles. The number of nitrogens with zero attached hydrogens (tertiary/aromatic N) is 2. The van der Waals surface area contributed by atoms with Crippen molar-refractivity contribution in [3.8, 4) is 0 Å². The van der Waals surface area contributed by atoms with Crippen LogP contribution in [0.15, 0.2) is 12.4 Å². The van der Waals surface area contributed by atoms with Gasteiger partial charge in [-0.15, -0.1) is 0 Å². The zero-order valence-electron chi connectivity index (χ0n) is 9.53. The monoisotopic (exact) mass is 229 g/mol. The lowest BCUT2D eigenvalue weighted by Gasteiger charge is -2.22. The van der Waals surface area contributed by atoms with E-state index in [-0.39, 0.29) is 0 Å². The van der Waals surface area contributed by atoms with Crippen LogP contribution in [0, 0.1) is 0 Å². The molecule has 1 heterocycles. The van der Waals surface area contributed by atoms with Crippen molar-refractivity contribution in [2.24, 2.45) is 7.05 Å². The van der Waals surface area contributed by atoms with Crippen molar-refractivity contribution in [1.82, 2.24) is 15.1 Å². The van der Waals surface area contributed by atoms with Gasteiger partial charge in [0.1, 0.15) is 0 Å². The second-order valence-electron chi connectivity index (χ2n) is 4.06. The van der Waals surface area contributed by atoms with Crippen LogP contribution in [0.5, 0.6) is 0 Å². The van der Waals surface area contributed by atoms with Crippen LogP contribution in [0.4, 0.5) is 0 Å². The molecule has 86 valence electrons. The number of hydrogen-bond acceptors (Lipinski definition) is 4. The van der Waals surface area contributed by atoms with Crippen LogP contribution in [0.1, 0.15) is 12.5 Å². The van der Waals surface area contributed by atoms with E-state index in [0.717, 1.165) is 17.9 Å². The van der Waals surface area contributed by atoms with Crippen LogP contribution in [0.2, 0.25) is 0 Å². The van der Waals surface area contributed by atoms with E-state index in [1.165, 1.54) is 0 Å². The average Bonchev–Trinajstić information content (AvgIpc) is 2.51. The number of rotatable bonds is 6. The fraction of sp³-hybridized carbons (Fsp3) is 0.700. The van der Waals surface area contributed by atoms with Crippen molar-refractivity contribution in [3.63, 3.8) is 0 Å². The zero-order chi connectivity index (χ0) is 11.3. The van der Waals surface area contributed by atoms with Gasteiger partial charge in [0.05, 0.1) is 11.8 Å². The molecule has 2 N–H and O–H groups in total. The Labute approximate surface area is 95.1 Å². The molecular formula is C10H19N3OS. The first-order chi connectivity index (χ1) is 7.03. The Morgan fingerprint density at radius 1 is 1.67 bits per heavy atom. The lowest BCUT2D eigenvalue weighted by molar-refractivity contribution is 0.0846. The van der Waals surface area contributed by atoms with Gasteiger partial charge in [0.25, 0.3) is 0 Å². The van der Waals surface area contributed by atoms with Gasteiger partial charge in [0, 0.05) is 37.7 Å². The summed E-state index contributed by atoms with van der Waals surface area (Å²) in [6, 6.07) is 0. The van der Waals surface area contributed by atoms with Crippen molar-refractivity contribution in [2.45, 2.75) is 19.1 Å². The number of aliphatic hydroxyl groups is 1. The summed E-state index contributed by atoms with van der Waals surface area (Å²) < 4.78 is 1.77. The number of aromatic nitrogens is 2. The molecule has 1 aromatic rings. The van der Waals surface area contributed by atoms with Crippen LogP contribution in [0.3, 0.4) is 0 Å². The van der Waals surface area contributed by atoms with Crippen molar-refractivity contribution in [2.75, 3.05) is 18.6 Å². The third-order valence-corrected chi connectivity index (χ3v) is 2.96. The Balaban J connectivity index is 2.27. The summed E-state index contributed by atoms with van der Waals surface area (Å²) in [5.41, 5.74) is 0.499. The first kappa shape index (κ1) is 12.5. The second-order valence-corrected chi connectivity index (χ2v) is 4.92. The normalized spacial score (nSPS) is 15.2. The predicted octanol–water partition coefficient (Wildman–Crippen LogP) is 0.624. The molecule has 1 unspecified atom stereocenters. The third-order valence-electron chi connectivity index (χ3n) is 2.05. The number of thioether (sulfide) groups is 1. The van der Waals surface area contributed by atoms with E-state index in [2.05, 4.69) is 10.4 Å². The molecule has 0 radical (unpaired) electrons. The minimum absolute atomic E-state index is 0.600. The highest BCUT2D eigenvalue weighted by molar-refractivity contribution is 7.98. The maximum atomic E-state index is 9.89. The first-order valence-corrected chi connectivity index (χ1v) is 6.32. The molecule has 0 aliphatic heterocycles. The van der Waals surface area contributed by atoms with Crippen LogP contribution in [-0.2, 0) is 13.6 Å². The first-order valence-electron chi connectivity index (χ1n) is 4.93. The molecule has 0 aliphatic carbocycles. The number of hydrogen-bond donors (Lipinski definition) is 2. The molecular weight excluding hydrogens is 210 g/mol. The Morgan fingerprint density at radius 2 is 2.40 bits per heavy atom. The molecule has 1 aromatic heterocycles. The summed E-state index contributed by atoms with van der Waals surface area (Å²) in [4.78, 5) is 0. The maximum Gasteiger partial charge on any atom is 0.0833 e. The highest BCUT2D eigenvalue weighted by Crippen LogP contribution is 2.09. The van der Waals surface area contributed by atoms with Gasteiger partial charge in [-0.3, -0.25) is 4.68 Å². The highest BCUT2D eigenvalue weighted by Gasteiger charge is 2.18. The fourth-order valence-electron chi connectivity index (χ4n) is 1.40. The van der Waals surface area contributed by atoms with E-state index in [1.807, 2.05) is 32.6 Å². The largest absolute Gasteiger partial charge is 0.388 e. The Hall–Kier alpha value is -0.520. The van der Waals surface area contributed by atoms with Crippen LogP contribution >= 0.6 is 11.8 Å². The summed E-state index contributed by atoms with van der Waals surface area (Å²) in [7, 11) is 1.90. The minimum Gasteiger partial charge on any atom is -0.388 e. The Bertz CT molecular complexity index is 299. The molecule has 0 bridgehead atoms. The molecule has 1 rings (SSSR count). The smallest absolute Gasteiger partial charge is 0.0833 e. The summed E-state index contributed by atoms with van der Waals surface area (Å²) in [6.45, 7) is 3.20. The van der Waals surface area contributed by atoms with Gasteiger partial charge in [0.15, 0.2) is 0 Å². The van der Waals surface area contributed by atoms with Gasteiger partial charge in [-0.05, 0) is 13.2 Å². The third kappa shape index (κ3) is 4.68. The Morgan fingerprint density at radius 3 is 2.93 bits per heavy atom. The maximum absolute atomic E-state index is 9.89. The lowest BCUT2D eigenvalue weighted by Crippen LogP contribution is -2.39. The summed E-state index contributed by atoms with van der Waals surface area (Å²) in [5.74, 6) is 0.743. The number of aryl methyl sites for hydroxylation is 1. The molecule has 0 amide bonds. The molecule has 0 fully saturated rings. The molecule has 0 spiro atoms. The molecule has 5 heteroatoms. The Kier molecular flexibility index (Phi) is 4.63. The number of nitrogens with one attached hydrogen (secondary N) is 1. The topological polar surface area (TPSA) is 50.1 Å². The standard InChI is InChI=1S/C10H19N3OS/c1-10(14,8-15-3)7-11-4-9-5-12-13(2)6-9/h5-6,11,14H,4,7-8H2,1-3H3. The fourth-order valence-corrected chi connectivity index (χ4v) is 2.13. The highest BCUT2D eigenvalue weighted by atomic mass is 32.2. The van der Waals surface area contributed by atoms with Crippen LogP contribution < -0.4 is 5.32 Å². The molecule has 0 aliphatic rings. The second kappa shape index (κ2) is 5.53. The van der Waals surface area contributed by atoms with E-state index in [1.54, 1.807) is 16.4 Å². The molecule has 1 atom stereocenters. The molecule has 0 aromatic carbocycles. The van der Waals surface area contributed by atoms with E-state index < -0.39 is 5.60 Å². The summed E-state index contributed by atoms with van der Waals surface area (Å²) >= 11 is 1.65. The molecule has 0 saturated carbocycles.